The minimum Gasteiger partial charge on any atom is -0.487 e. The molecular formula is C23H21ClO4S. The Labute approximate surface area is 176 Å². The molecule has 0 bridgehead atoms. The number of rotatable bonds is 5. The van der Waals surface area contributed by atoms with Gasteiger partial charge in [0, 0.05) is 17.0 Å². The Kier molecular flexibility index (Phi) is 5.38. The van der Waals surface area contributed by atoms with E-state index in [1.54, 1.807) is 24.3 Å². The molecule has 1 heterocycles. The topological polar surface area (TPSA) is 52.6 Å². The largest absolute Gasteiger partial charge is 0.487 e. The fraction of sp³-hybridized carbons (Fsp3) is 0.217. The van der Waals surface area contributed by atoms with E-state index in [0.717, 1.165) is 33.6 Å². The molecule has 150 valence electrons. The maximum atomic E-state index is 12.5. The standard InChI is InChI=1S/C23H21ClO4S/c1-15-6-8-21(9-7-15)29(25,26)27-14-20-13-18-10-16(2)11-22(23(18)28-20)17-4-3-5-19(24)12-17/h3-12,20H,13-14H2,1-2H3. The van der Waals surface area contributed by atoms with E-state index in [0.29, 0.717) is 11.4 Å². The van der Waals surface area contributed by atoms with Gasteiger partial charge in [0.05, 0.1) is 4.90 Å². The molecule has 1 atom stereocenters. The van der Waals surface area contributed by atoms with E-state index in [9.17, 15) is 8.42 Å². The summed E-state index contributed by atoms with van der Waals surface area (Å²) in [5.41, 5.74) is 5.05. The zero-order chi connectivity index (χ0) is 20.6. The first-order chi connectivity index (χ1) is 13.8. The highest BCUT2D eigenvalue weighted by Crippen LogP contribution is 2.40. The first-order valence-electron chi connectivity index (χ1n) is 9.34. The predicted octanol–water partition coefficient (Wildman–Crippen LogP) is 5.33. The number of halogens is 1. The summed E-state index contributed by atoms with van der Waals surface area (Å²) < 4.78 is 36.3. The van der Waals surface area contributed by atoms with Crippen molar-refractivity contribution in [2.24, 2.45) is 0 Å². The average molecular weight is 429 g/mol. The van der Waals surface area contributed by atoms with E-state index in [1.165, 1.54) is 0 Å². The monoisotopic (exact) mass is 428 g/mol. The summed E-state index contributed by atoms with van der Waals surface area (Å²) in [7, 11) is -3.83. The van der Waals surface area contributed by atoms with Gasteiger partial charge in [-0.3, -0.25) is 4.18 Å². The summed E-state index contributed by atoms with van der Waals surface area (Å²) in [5, 5.41) is 0.653. The second kappa shape index (κ2) is 7.82. The zero-order valence-electron chi connectivity index (χ0n) is 16.2. The maximum absolute atomic E-state index is 12.5. The third-order valence-corrected chi connectivity index (χ3v) is 6.43. The van der Waals surface area contributed by atoms with Crippen LogP contribution >= 0.6 is 11.6 Å². The molecule has 1 aliphatic heterocycles. The van der Waals surface area contributed by atoms with Crippen molar-refractivity contribution in [2.75, 3.05) is 6.61 Å². The lowest BCUT2D eigenvalue weighted by Gasteiger charge is -2.14. The molecule has 6 heteroatoms. The van der Waals surface area contributed by atoms with Crippen molar-refractivity contribution >= 4 is 21.7 Å². The smallest absolute Gasteiger partial charge is 0.297 e. The van der Waals surface area contributed by atoms with Crippen LogP contribution in [0.3, 0.4) is 0 Å². The normalized spacial score (nSPS) is 15.8. The minimum absolute atomic E-state index is 0.0427. The Morgan fingerprint density at radius 3 is 2.52 bits per heavy atom. The summed E-state index contributed by atoms with van der Waals surface area (Å²) in [6, 6.07) is 18.3. The van der Waals surface area contributed by atoms with E-state index in [-0.39, 0.29) is 17.6 Å². The quantitative estimate of drug-likeness (QED) is 0.515. The van der Waals surface area contributed by atoms with Crippen molar-refractivity contribution in [2.45, 2.75) is 31.3 Å². The van der Waals surface area contributed by atoms with E-state index in [4.69, 9.17) is 20.5 Å². The lowest BCUT2D eigenvalue weighted by atomic mass is 9.98. The number of fused-ring (bicyclic) bond motifs is 1. The van der Waals surface area contributed by atoms with Gasteiger partial charge >= 0.3 is 0 Å². The van der Waals surface area contributed by atoms with Gasteiger partial charge in [0.2, 0.25) is 0 Å². The first kappa shape index (κ1) is 20.0. The summed E-state index contributed by atoms with van der Waals surface area (Å²) >= 11 is 6.15. The number of benzene rings is 3. The Hall–Kier alpha value is -2.34. The SMILES string of the molecule is Cc1ccc(S(=O)(=O)OCC2Cc3cc(C)cc(-c4cccc(Cl)c4)c3O2)cc1. The van der Waals surface area contributed by atoms with E-state index in [2.05, 4.69) is 12.1 Å². The Morgan fingerprint density at radius 1 is 1.03 bits per heavy atom. The molecule has 3 aromatic carbocycles. The summed E-state index contributed by atoms with van der Waals surface area (Å²) in [6.07, 6.45) is 0.221. The van der Waals surface area contributed by atoms with Crippen LogP contribution in [-0.2, 0) is 20.7 Å². The molecule has 0 fully saturated rings. The molecule has 0 saturated carbocycles. The molecule has 4 rings (SSSR count). The van der Waals surface area contributed by atoms with Crippen LogP contribution in [0, 0.1) is 13.8 Å². The number of aryl methyl sites for hydroxylation is 2. The lowest BCUT2D eigenvalue weighted by Crippen LogP contribution is -2.23. The average Bonchev–Trinajstić information content (AvgIpc) is 3.09. The van der Waals surface area contributed by atoms with Crippen LogP contribution in [0.1, 0.15) is 16.7 Å². The second-order valence-corrected chi connectivity index (χ2v) is 9.36. The second-order valence-electron chi connectivity index (χ2n) is 7.31. The molecule has 1 aliphatic rings. The number of ether oxygens (including phenoxy) is 1. The summed E-state index contributed by atoms with van der Waals surface area (Å²) in [6.45, 7) is 3.89. The highest BCUT2D eigenvalue weighted by molar-refractivity contribution is 7.86. The summed E-state index contributed by atoms with van der Waals surface area (Å²) in [4.78, 5) is 0.147. The highest BCUT2D eigenvalue weighted by Gasteiger charge is 2.28. The molecule has 0 saturated heterocycles. The fourth-order valence-corrected chi connectivity index (χ4v) is 4.62. The van der Waals surface area contributed by atoms with Crippen LogP contribution in [0.2, 0.25) is 5.02 Å². The van der Waals surface area contributed by atoms with E-state index >= 15 is 0 Å². The molecule has 0 amide bonds. The molecular weight excluding hydrogens is 408 g/mol. The van der Waals surface area contributed by atoms with Crippen LogP contribution < -0.4 is 4.74 Å². The molecule has 1 unspecified atom stereocenters. The number of hydrogen-bond donors (Lipinski definition) is 0. The van der Waals surface area contributed by atoms with Crippen LogP contribution in [0.15, 0.2) is 65.6 Å². The van der Waals surface area contributed by atoms with E-state index < -0.39 is 10.1 Å². The Bertz CT molecular complexity index is 1150. The van der Waals surface area contributed by atoms with Crippen molar-refractivity contribution in [3.05, 3.63) is 82.4 Å². The van der Waals surface area contributed by atoms with Crippen LogP contribution in [0.4, 0.5) is 0 Å². The molecule has 0 aromatic heterocycles. The highest BCUT2D eigenvalue weighted by atomic mass is 35.5. The van der Waals surface area contributed by atoms with E-state index in [1.807, 2.05) is 38.1 Å². The van der Waals surface area contributed by atoms with Crippen LogP contribution in [-0.4, -0.2) is 21.1 Å². The van der Waals surface area contributed by atoms with Gasteiger partial charge in [-0.2, -0.15) is 8.42 Å². The summed E-state index contributed by atoms with van der Waals surface area (Å²) in [5.74, 6) is 0.763. The van der Waals surface area contributed by atoms with Crippen LogP contribution in [0.25, 0.3) is 11.1 Å². The van der Waals surface area contributed by atoms with Crippen LogP contribution in [0.5, 0.6) is 5.75 Å². The number of hydrogen-bond acceptors (Lipinski definition) is 4. The van der Waals surface area contributed by atoms with Crippen molar-refractivity contribution in [1.29, 1.82) is 0 Å². The van der Waals surface area contributed by atoms with Gasteiger partial charge in [-0.15, -0.1) is 0 Å². The van der Waals surface area contributed by atoms with Gasteiger partial charge in [-0.25, -0.2) is 0 Å². The minimum atomic E-state index is -3.83. The lowest BCUT2D eigenvalue weighted by molar-refractivity contribution is 0.152. The Balaban J connectivity index is 1.53. The third-order valence-electron chi connectivity index (χ3n) is 4.90. The van der Waals surface area contributed by atoms with Gasteiger partial charge in [0.1, 0.15) is 18.5 Å². The predicted molar refractivity (Wildman–Crippen MR) is 114 cm³/mol. The van der Waals surface area contributed by atoms with Crippen molar-refractivity contribution in [1.82, 2.24) is 0 Å². The molecule has 29 heavy (non-hydrogen) atoms. The molecule has 0 spiro atoms. The zero-order valence-corrected chi connectivity index (χ0v) is 17.8. The Morgan fingerprint density at radius 2 is 1.79 bits per heavy atom. The first-order valence-corrected chi connectivity index (χ1v) is 11.1. The third kappa shape index (κ3) is 4.32. The molecule has 0 radical (unpaired) electrons. The van der Waals surface area contributed by atoms with Crippen molar-refractivity contribution in [3.63, 3.8) is 0 Å². The van der Waals surface area contributed by atoms with Crippen molar-refractivity contribution < 1.29 is 17.3 Å². The van der Waals surface area contributed by atoms with Gasteiger partial charge < -0.3 is 4.74 Å². The molecule has 0 N–H and O–H groups in total. The van der Waals surface area contributed by atoms with Gasteiger partial charge in [-0.1, -0.05) is 47.5 Å². The van der Waals surface area contributed by atoms with Gasteiger partial charge in [-0.05, 0) is 60.9 Å². The maximum Gasteiger partial charge on any atom is 0.297 e. The molecule has 4 nitrogen and oxygen atoms in total. The van der Waals surface area contributed by atoms with Crippen molar-refractivity contribution in [3.8, 4) is 16.9 Å². The fourth-order valence-electron chi connectivity index (χ4n) is 3.49. The van der Waals surface area contributed by atoms with Gasteiger partial charge in [0.25, 0.3) is 10.1 Å². The molecule has 0 aliphatic carbocycles. The molecule has 3 aromatic rings. The van der Waals surface area contributed by atoms with Gasteiger partial charge in [0.15, 0.2) is 0 Å².